The zero-order chi connectivity index (χ0) is 29.5. The van der Waals surface area contributed by atoms with Gasteiger partial charge in [-0.25, -0.2) is 0 Å². The van der Waals surface area contributed by atoms with Crippen molar-refractivity contribution < 1.29 is 38.7 Å². The van der Waals surface area contributed by atoms with E-state index in [9.17, 15) is 14.7 Å². The fraction of sp³-hybridized carbons (Fsp3) is 0.562. The van der Waals surface area contributed by atoms with E-state index in [0.717, 1.165) is 54.7 Å². The van der Waals surface area contributed by atoms with Gasteiger partial charge in [-0.2, -0.15) is 0 Å². The van der Waals surface area contributed by atoms with E-state index in [-0.39, 0.29) is 43.5 Å². The highest BCUT2D eigenvalue weighted by Gasteiger charge is 2.43. The lowest BCUT2D eigenvalue weighted by molar-refractivity contribution is -0.278. The molecule has 0 saturated carbocycles. The number of amides is 1. The molecule has 1 spiro atoms. The summed E-state index contributed by atoms with van der Waals surface area (Å²) in [6.45, 7) is 6.38. The van der Waals surface area contributed by atoms with Crippen LogP contribution in [0.1, 0.15) is 73.7 Å². The summed E-state index contributed by atoms with van der Waals surface area (Å²) in [4.78, 5) is 25.1. The number of likely N-dealkylation sites (tertiary alicyclic amines) is 1. The lowest BCUT2D eigenvalue weighted by Gasteiger charge is -2.44. The van der Waals surface area contributed by atoms with Crippen molar-refractivity contribution >= 4 is 11.9 Å². The van der Waals surface area contributed by atoms with Gasteiger partial charge in [-0.3, -0.25) is 9.59 Å². The molecule has 10 nitrogen and oxygen atoms in total. The van der Waals surface area contributed by atoms with Crippen LogP contribution in [0.15, 0.2) is 48.5 Å². The molecule has 1 amide bonds. The Labute approximate surface area is 246 Å². The van der Waals surface area contributed by atoms with Gasteiger partial charge in [0, 0.05) is 63.3 Å². The van der Waals surface area contributed by atoms with Gasteiger partial charge in [-0.05, 0) is 23.1 Å². The summed E-state index contributed by atoms with van der Waals surface area (Å²) in [7, 11) is 0. The van der Waals surface area contributed by atoms with Crippen LogP contribution in [0.5, 0.6) is 0 Å². The third-order valence-corrected chi connectivity index (χ3v) is 8.53. The molecule has 0 radical (unpaired) electrons. The van der Waals surface area contributed by atoms with Crippen molar-refractivity contribution in [3.05, 3.63) is 70.8 Å². The summed E-state index contributed by atoms with van der Waals surface area (Å²) in [5, 5.41) is 21.1. The number of ether oxygens (including phenoxy) is 4. The number of benzene rings is 2. The molecular formula is C32H42N2O8. The van der Waals surface area contributed by atoms with E-state index in [1.807, 2.05) is 48.5 Å². The van der Waals surface area contributed by atoms with Crippen molar-refractivity contribution in [3.8, 4) is 0 Å². The summed E-state index contributed by atoms with van der Waals surface area (Å²) >= 11 is 0. The summed E-state index contributed by atoms with van der Waals surface area (Å²) in [5.41, 5.74) is 3.73. The molecule has 3 fully saturated rings. The van der Waals surface area contributed by atoms with Crippen LogP contribution in [0.4, 0.5) is 0 Å². The second-order valence-corrected chi connectivity index (χ2v) is 11.5. The molecule has 0 bridgehead atoms. The monoisotopic (exact) mass is 582 g/mol. The largest absolute Gasteiger partial charge is 0.481 e. The van der Waals surface area contributed by atoms with Crippen molar-refractivity contribution in [2.75, 3.05) is 32.8 Å². The van der Waals surface area contributed by atoms with Crippen LogP contribution >= 0.6 is 0 Å². The number of carboxylic acid groups (broad SMARTS) is 1. The SMILES string of the molecule is CC1C(CN2CCC3(CC2)OCCO3)OC(c2ccc(CNC(=O)CCCC(=O)O)cc2)OC1c1ccc(CO)cc1. The van der Waals surface area contributed by atoms with Crippen LogP contribution in [0.3, 0.4) is 0 Å². The first-order valence-electron chi connectivity index (χ1n) is 14.9. The smallest absolute Gasteiger partial charge is 0.303 e. The van der Waals surface area contributed by atoms with Gasteiger partial charge >= 0.3 is 5.97 Å². The van der Waals surface area contributed by atoms with Gasteiger partial charge in [0.1, 0.15) is 0 Å². The van der Waals surface area contributed by atoms with Gasteiger partial charge < -0.3 is 39.4 Å². The minimum atomic E-state index is -0.899. The Morgan fingerprint density at radius 3 is 2.21 bits per heavy atom. The molecule has 4 unspecified atom stereocenters. The highest BCUT2D eigenvalue weighted by molar-refractivity contribution is 5.76. The first-order chi connectivity index (χ1) is 20.3. The van der Waals surface area contributed by atoms with E-state index >= 15 is 0 Å². The molecular weight excluding hydrogens is 540 g/mol. The topological polar surface area (TPSA) is 127 Å². The van der Waals surface area contributed by atoms with Crippen molar-refractivity contribution in [3.63, 3.8) is 0 Å². The van der Waals surface area contributed by atoms with Crippen molar-refractivity contribution in [1.82, 2.24) is 10.2 Å². The molecule has 5 rings (SSSR count). The highest BCUT2D eigenvalue weighted by atomic mass is 16.7. The molecule has 10 heteroatoms. The van der Waals surface area contributed by atoms with Gasteiger partial charge in [0.15, 0.2) is 12.1 Å². The first kappa shape index (κ1) is 30.6. The summed E-state index contributed by atoms with van der Waals surface area (Å²) in [6.07, 6.45) is 1.35. The van der Waals surface area contributed by atoms with Crippen LogP contribution in [0.2, 0.25) is 0 Å². The molecule has 3 aliphatic heterocycles. The van der Waals surface area contributed by atoms with Gasteiger partial charge in [0.25, 0.3) is 0 Å². The third kappa shape index (κ3) is 7.75. The van der Waals surface area contributed by atoms with Crippen molar-refractivity contribution in [1.29, 1.82) is 0 Å². The Balaban J connectivity index is 1.25. The van der Waals surface area contributed by atoms with Crippen molar-refractivity contribution in [2.24, 2.45) is 5.92 Å². The van der Waals surface area contributed by atoms with Gasteiger partial charge in [0.2, 0.25) is 5.91 Å². The van der Waals surface area contributed by atoms with E-state index in [1.165, 1.54) is 0 Å². The Kier molecular flexibility index (Phi) is 10.3. The Morgan fingerprint density at radius 2 is 1.57 bits per heavy atom. The number of aliphatic hydroxyl groups is 1. The molecule has 42 heavy (non-hydrogen) atoms. The number of hydrogen-bond donors (Lipinski definition) is 3. The fourth-order valence-electron chi connectivity index (χ4n) is 5.93. The number of carboxylic acids is 1. The highest BCUT2D eigenvalue weighted by Crippen LogP contribution is 2.42. The van der Waals surface area contributed by atoms with Gasteiger partial charge in [0.05, 0.1) is 32.0 Å². The van der Waals surface area contributed by atoms with E-state index < -0.39 is 18.0 Å². The number of nitrogens with one attached hydrogen (secondary N) is 1. The maximum atomic E-state index is 12.1. The standard InChI is InChI=1S/C32H42N2O8/c1-22-27(20-34-15-13-32(14-16-34)39-17-18-40-32)41-31(42-30(22)25-9-7-24(21-35)8-10-25)26-11-5-23(6-12-26)19-33-28(36)3-2-4-29(37)38/h5-12,22,27,30-31,35H,2-4,13-21H2,1H3,(H,33,36)(H,37,38). The number of aliphatic carboxylic acids is 1. The second kappa shape index (κ2) is 14.1. The lowest BCUT2D eigenvalue weighted by atomic mass is 9.89. The van der Waals surface area contributed by atoms with Crippen LogP contribution in [0.25, 0.3) is 0 Å². The summed E-state index contributed by atoms with van der Waals surface area (Å²) in [6, 6.07) is 15.7. The minimum Gasteiger partial charge on any atom is -0.481 e. The number of hydrogen-bond acceptors (Lipinski definition) is 8. The van der Waals surface area contributed by atoms with Crippen LogP contribution in [0, 0.1) is 5.92 Å². The maximum Gasteiger partial charge on any atom is 0.303 e. The molecule has 3 heterocycles. The first-order valence-corrected chi connectivity index (χ1v) is 14.9. The third-order valence-electron chi connectivity index (χ3n) is 8.53. The Bertz CT molecular complexity index is 1170. The average molecular weight is 583 g/mol. The second-order valence-electron chi connectivity index (χ2n) is 11.5. The molecule has 3 N–H and O–H groups in total. The molecule has 0 aliphatic carbocycles. The number of nitrogens with zero attached hydrogens (tertiary/aromatic N) is 1. The van der Waals surface area contributed by atoms with Crippen LogP contribution in [-0.2, 0) is 41.7 Å². The van der Waals surface area contributed by atoms with Gasteiger partial charge in [-0.15, -0.1) is 0 Å². The van der Waals surface area contributed by atoms with Crippen LogP contribution in [-0.4, -0.2) is 71.7 Å². The molecule has 2 aromatic rings. The predicted molar refractivity (Wildman–Crippen MR) is 153 cm³/mol. The number of carbonyl (C=O) groups is 2. The number of piperidine rings is 1. The zero-order valence-corrected chi connectivity index (χ0v) is 24.2. The number of carbonyl (C=O) groups excluding carboxylic acids is 1. The maximum absolute atomic E-state index is 12.1. The molecule has 4 atom stereocenters. The zero-order valence-electron chi connectivity index (χ0n) is 24.2. The average Bonchev–Trinajstić information content (AvgIpc) is 3.46. The van der Waals surface area contributed by atoms with E-state index in [2.05, 4.69) is 17.1 Å². The number of rotatable bonds is 11. The number of aliphatic hydroxyl groups excluding tert-OH is 1. The fourth-order valence-corrected chi connectivity index (χ4v) is 5.93. The molecule has 3 aliphatic rings. The van der Waals surface area contributed by atoms with Crippen LogP contribution < -0.4 is 5.32 Å². The van der Waals surface area contributed by atoms with E-state index in [1.54, 1.807) is 0 Å². The quantitative estimate of drug-likeness (QED) is 0.364. The lowest BCUT2D eigenvalue weighted by Crippen LogP contribution is -2.50. The molecule has 0 aromatic heterocycles. The van der Waals surface area contributed by atoms with Crippen molar-refractivity contribution in [2.45, 2.75) is 76.5 Å². The predicted octanol–water partition coefficient (Wildman–Crippen LogP) is 3.68. The normalized spacial score (nSPS) is 25.9. The Hall–Kier alpha value is -2.86. The van der Waals surface area contributed by atoms with Gasteiger partial charge in [-0.1, -0.05) is 55.5 Å². The summed E-state index contributed by atoms with van der Waals surface area (Å²) < 4.78 is 25.0. The Morgan fingerprint density at radius 1 is 0.929 bits per heavy atom. The molecule has 2 aromatic carbocycles. The minimum absolute atomic E-state index is 0.00522. The molecule has 228 valence electrons. The van der Waals surface area contributed by atoms with E-state index in [0.29, 0.717) is 26.2 Å². The van der Waals surface area contributed by atoms with E-state index in [4.69, 9.17) is 24.1 Å². The molecule has 3 saturated heterocycles. The summed E-state index contributed by atoms with van der Waals surface area (Å²) in [5.74, 6) is -1.39.